The van der Waals surface area contributed by atoms with Gasteiger partial charge in [-0.05, 0) is 67.7 Å². The quantitative estimate of drug-likeness (QED) is 0.766. The zero-order chi connectivity index (χ0) is 19.8. The first-order valence-electron chi connectivity index (χ1n) is 8.75. The Hall–Kier alpha value is -1.71. The Labute approximate surface area is 167 Å². The van der Waals surface area contributed by atoms with Crippen molar-refractivity contribution in [3.8, 4) is 0 Å². The summed E-state index contributed by atoms with van der Waals surface area (Å²) in [6.07, 6.45) is 5.04. The molecule has 1 aliphatic rings. The number of carbonyl (C=O) groups is 1. The number of halogens is 1. The molecule has 1 aliphatic heterocycles. The molecule has 1 fully saturated rings. The van der Waals surface area contributed by atoms with E-state index in [4.69, 9.17) is 0 Å². The highest BCUT2D eigenvalue weighted by atomic mass is 79.9. The minimum Gasteiger partial charge on any atom is -0.319 e. The van der Waals surface area contributed by atoms with Gasteiger partial charge in [0.05, 0.1) is 27.9 Å². The Balaban J connectivity index is 1.85. The Morgan fingerprint density at radius 3 is 2.48 bits per heavy atom. The Morgan fingerprint density at radius 2 is 1.89 bits per heavy atom. The minimum atomic E-state index is -3.58. The minimum absolute atomic E-state index is 0.128. The molecule has 0 radical (unpaired) electrons. The summed E-state index contributed by atoms with van der Waals surface area (Å²) in [5.41, 5.74) is 0.612. The largest absolute Gasteiger partial charge is 0.319 e. The first-order chi connectivity index (χ1) is 12.6. The number of carbonyl (C=O) groups excluding carboxylic acids is 1. The lowest BCUT2D eigenvalue weighted by Crippen LogP contribution is -2.28. The molecular weight excluding hydrogens is 432 g/mol. The van der Waals surface area contributed by atoms with E-state index < -0.39 is 15.9 Å². The lowest BCUT2D eigenvalue weighted by atomic mass is 10.1. The van der Waals surface area contributed by atoms with Crippen LogP contribution in [-0.4, -0.2) is 41.5 Å². The topological polar surface area (TPSA) is 84.3 Å². The van der Waals surface area contributed by atoms with Crippen molar-refractivity contribution < 1.29 is 13.2 Å². The van der Waals surface area contributed by atoms with Crippen molar-refractivity contribution in [3.05, 3.63) is 40.6 Å². The molecule has 0 aliphatic carbocycles. The van der Waals surface area contributed by atoms with Crippen LogP contribution in [0.1, 0.15) is 44.0 Å². The van der Waals surface area contributed by atoms with E-state index in [1.54, 1.807) is 23.1 Å². The van der Waals surface area contributed by atoms with Crippen molar-refractivity contribution in [3.63, 3.8) is 0 Å². The molecule has 1 aromatic carbocycles. The summed E-state index contributed by atoms with van der Waals surface area (Å²) in [5, 5.41) is 7.03. The first kappa shape index (κ1) is 20.0. The average molecular weight is 455 g/mol. The Morgan fingerprint density at radius 1 is 1.22 bits per heavy atom. The molecule has 1 aromatic heterocycles. The van der Waals surface area contributed by atoms with Gasteiger partial charge < -0.3 is 5.32 Å². The molecule has 0 bridgehead atoms. The number of amides is 1. The second kappa shape index (κ2) is 7.37. The smallest absolute Gasteiger partial charge is 0.256 e. The number of anilines is 1. The number of hydrogen-bond donors (Lipinski definition) is 1. The highest BCUT2D eigenvalue weighted by Gasteiger charge is 2.28. The summed E-state index contributed by atoms with van der Waals surface area (Å²) in [6.45, 7) is 7.07. The lowest BCUT2D eigenvalue weighted by Gasteiger charge is -2.18. The molecular formula is C18H23BrN4O3S. The molecule has 1 saturated heterocycles. The van der Waals surface area contributed by atoms with E-state index in [2.05, 4.69) is 26.3 Å². The Bertz CT molecular complexity index is 957. The number of aromatic nitrogens is 2. The average Bonchev–Trinajstić information content (AvgIpc) is 3.26. The van der Waals surface area contributed by atoms with Crippen molar-refractivity contribution in [2.75, 3.05) is 18.4 Å². The number of benzene rings is 1. The van der Waals surface area contributed by atoms with E-state index in [1.807, 2.05) is 20.8 Å². The molecule has 0 saturated carbocycles. The number of rotatable bonds is 4. The summed E-state index contributed by atoms with van der Waals surface area (Å²) >= 11 is 3.34. The summed E-state index contributed by atoms with van der Waals surface area (Å²) in [6, 6.07) is 4.53. The van der Waals surface area contributed by atoms with Gasteiger partial charge in [0.15, 0.2) is 0 Å². The van der Waals surface area contributed by atoms with Crippen LogP contribution in [-0.2, 0) is 15.6 Å². The van der Waals surface area contributed by atoms with E-state index in [-0.39, 0.29) is 16.0 Å². The van der Waals surface area contributed by atoms with Crippen LogP contribution in [0.4, 0.5) is 5.69 Å². The maximum atomic E-state index is 12.8. The molecule has 9 heteroatoms. The predicted octanol–water partition coefficient (Wildman–Crippen LogP) is 3.44. The van der Waals surface area contributed by atoms with Crippen molar-refractivity contribution in [2.45, 2.75) is 44.0 Å². The number of hydrogen-bond acceptors (Lipinski definition) is 4. The molecule has 1 amide bonds. The van der Waals surface area contributed by atoms with Crippen LogP contribution >= 0.6 is 15.9 Å². The van der Waals surface area contributed by atoms with Crippen molar-refractivity contribution in [1.29, 1.82) is 0 Å². The highest BCUT2D eigenvalue weighted by molar-refractivity contribution is 9.10. The third kappa shape index (κ3) is 4.25. The van der Waals surface area contributed by atoms with Crippen LogP contribution in [0.5, 0.6) is 0 Å². The van der Waals surface area contributed by atoms with E-state index in [0.29, 0.717) is 23.2 Å². The summed E-state index contributed by atoms with van der Waals surface area (Å²) in [4.78, 5) is 12.8. The molecule has 1 N–H and O–H groups in total. The van der Waals surface area contributed by atoms with Gasteiger partial charge in [-0.3, -0.25) is 9.48 Å². The van der Waals surface area contributed by atoms with Crippen LogP contribution in [0.2, 0.25) is 0 Å². The molecule has 0 atom stereocenters. The van der Waals surface area contributed by atoms with Gasteiger partial charge in [0.25, 0.3) is 5.91 Å². The maximum absolute atomic E-state index is 12.8. The van der Waals surface area contributed by atoms with Gasteiger partial charge in [-0.1, -0.05) is 0 Å². The number of nitrogens with zero attached hydrogens (tertiary/aromatic N) is 3. The zero-order valence-corrected chi connectivity index (χ0v) is 18.0. The van der Waals surface area contributed by atoms with Gasteiger partial charge >= 0.3 is 0 Å². The Kier molecular flexibility index (Phi) is 5.47. The molecule has 3 rings (SSSR count). The predicted molar refractivity (Wildman–Crippen MR) is 107 cm³/mol. The number of nitrogens with one attached hydrogen (secondary N) is 1. The normalized spacial score (nSPS) is 15.9. The summed E-state index contributed by atoms with van der Waals surface area (Å²) in [5.74, 6) is -0.395. The van der Waals surface area contributed by atoms with E-state index >= 15 is 0 Å². The van der Waals surface area contributed by atoms with Crippen LogP contribution < -0.4 is 5.32 Å². The fourth-order valence-corrected chi connectivity index (χ4v) is 4.84. The van der Waals surface area contributed by atoms with E-state index in [9.17, 15) is 13.2 Å². The second-order valence-electron chi connectivity index (χ2n) is 7.55. The molecule has 2 aromatic rings. The third-order valence-electron chi connectivity index (χ3n) is 4.41. The molecule has 0 unspecified atom stereocenters. The molecule has 2 heterocycles. The van der Waals surface area contributed by atoms with Gasteiger partial charge in [-0.25, -0.2) is 8.42 Å². The van der Waals surface area contributed by atoms with E-state index in [0.717, 1.165) is 12.8 Å². The molecule has 27 heavy (non-hydrogen) atoms. The summed E-state index contributed by atoms with van der Waals surface area (Å²) in [7, 11) is -3.58. The molecule has 0 spiro atoms. The molecule has 146 valence electrons. The van der Waals surface area contributed by atoms with Gasteiger partial charge in [-0.15, -0.1) is 0 Å². The van der Waals surface area contributed by atoms with Crippen molar-refractivity contribution >= 4 is 37.5 Å². The monoisotopic (exact) mass is 454 g/mol. The standard InChI is InChI=1S/C18H23BrN4O3S/c1-18(2,3)23-12-13(11-20-23)21-17(24)15-10-14(6-7-16(15)19)27(25,26)22-8-4-5-9-22/h6-7,10-12H,4-5,8-9H2,1-3H3,(H,21,24). The number of sulfonamides is 1. The van der Waals surface area contributed by atoms with Crippen LogP contribution in [0.3, 0.4) is 0 Å². The van der Waals surface area contributed by atoms with Crippen molar-refractivity contribution in [1.82, 2.24) is 14.1 Å². The van der Waals surface area contributed by atoms with Gasteiger partial charge in [0.1, 0.15) is 0 Å². The third-order valence-corrected chi connectivity index (χ3v) is 7.00. The SMILES string of the molecule is CC(C)(C)n1cc(NC(=O)c2cc(S(=O)(=O)N3CCCC3)ccc2Br)cn1. The van der Waals surface area contributed by atoms with Gasteiger partial charge in [0.2, 0.25) is 10.0 Å². The lowest BCUT2D eigenvalue weighted by molar-refractivity contribution is 0.102. The van der Waals surface area contributed by atoms with Gasteiger partial charge in [0, 0.05) is 23.8 Å². The van der Waals surface area contributed by atoms with Crippen LogP contribution in [0.15, 0.2) is 40.0 Å². The maximum Gasteiger partial charge on any atom is 0.256 e. The zero-order valence-electron chi connectivity index (χ0n) is 15.6. The second-order valence-corrected chi connectivity index (χ2v) is 10.3. The van der Waals surface area contributed by atoms with Gasteiger partial charge in [-0.2, -0.15) is 9.40 Å². The van der Waals surface area contributed by atoms with Crippen molar-refractivity contribution in [2.24, 2.45) is 0 Å². The fraction of sp³-hybridized carbons (Fsp3) is 0.444. The fourth-order valence-electron chi connectivity index (χ4n) is 2.87. The van der Waals surface area contributed by atoms with Crippen LogP contribution in [0.25, 0.3) is 0 Å². The van der Waals surface area contributed by atoms with E-state index in [1.165, 1.54) is 16.4 Å². The molecule has 7 nitrogen and oxygen atoms in total. The van der Waals surface area contributed by atoms with Crippen LogP contribution in [0, 0.1) is 0 Å². The first-order valence-corrected chi connectivity index (χ1v) is 11.0. The highest BCUT2D eigenvalue weighted by Crippen LogP contribution is 2.26. The summed E-state index contributed by atoms with van der Waals surface area (Å²) < 4.78 is 29.3.